The van der Waals surface area contributed by atoms with Crippen molar-refractivity contribution in [2.45, 2.75) is 95.4 Å². The van der Waals surface area contributed by atoms with Gasteiger partial charge in [0.15, 0.2) is 0 Å². The minimum atomic E-state index is 0.706. The van der Waals surface area contributed by atoms with E-state index in [1.54, 1.807) is 0 Å². The van der Waals surface area contributed by atoms with Gasteiger partial charge in [-0.3, -0.25) is 0 Å². The molecule has 0 fully saturated rings. The first kappa shape index (κ1) is 28.0. The van der Waals surface area contributed by atoms with Crippen molar-refractivity contribution in [2.24, 2.45) is 23.7 Å². The fourth-order valence-corrected chi connectivity index (χ4v) is 1.45. The lowest BCUT2D eigenvalue weighted by molar-refractivity contribution is 0.585. The van der Waals surface area contributed by atoms with Gasteiger partial charge < -0.3 is 0 Å². The lowest BCUT2D eigenvalue weighted by Crippen LogP contribution is -1.85. The maximum Gasteiger partial charge on any atom is -0.0290 e. The van der Waals surface area contributed by atoms with Crippen LogP contribution in [-0.4, -0.2) is 0 Å². The Balaban J connectivity index is -0.000000276. The Morgan fingerprint density at radius 2 is 1.17 bits per heavy atom. The molecule has 0 aromatic heterocycles. The van der Waals surface area contributed by atoms with Crippen LogP contribution < -0.4 is 0 Å². The molecule has 0 aliphatic carbocycles. The molecule has 0 spiro atoms. The Labute approximate surface area is 155 Å². The molecule has 0 aromatic carbocycles. The van der Waals surface area contributed by atoms with Crippen LogP contribution in [-0.2, 0) is 0 Å². The van der Waals surface area contributed by atoms with Crippen LogP contribution >= 0.6 is 0 Å². The van der Waals surface area contributed by atoms with Gasteiger partial charge in [0.25, 0.3) is 0 Å². The SMILES string of the molecule is C=C(C)CCC(C)C.CC(C)/C=C/C(C)C.CC(C)=CCC(C)C. The summed E-state index contributed by atoms with van der Waals surface area (Å²) in [5, 5.41) is 0. The van der Waals surface area contributed by atoms with Gasteiger partial charge in [-0.15, -0.1) is 6.58 Å². The van der Waals surface area contributed by atoms with Crippen LogP contribution in [0.15, 0.2) is 36.0 Å². The molecule has 0 atom stereocenters. The van der Waals surface area contributed by atoms with Crippen molar-refractivity contribution in [3.63, 3.8) is 0 Å². The minimum absolute atomic E-state index is 0.706. The number of rotatable bonds is 7. The average Bonchev–Trinajstić information content (AvgIpc) is 2.42. The molecule has 0 nitrogen and oxygen atoms in total. The van der Waals surface area contributed by atoms with Crippen molar-refractivity contribution >= 4 is 0 Å². The van der Waals surface area contributed by atoms with Crippen LogP contribution in [0, 0.1) is 23.7 Å². The predicted octanol–water partition coefficient (Wildman–Crippen LogP) is 8.85. The third-order valence-corrected chi connectivity index (χ3v) is 3.03. The monoisotopic (exact) mass is 336 g/mol. The Kier molecular flexibility index (Phi) is 21.7. The third kappa shape index (κ3) is 42.9. The summed E-state index contributed by atoms with van der Waals surface area (Å²) in [5.41, 5.74) is 2.73. The first-order valence-electron chi connectivity index (χ1n) is 9.84. The molecule has 0 heterocycles. The second-order valence-corrected chi connectivity index (χ2v) is 8.67. The largest absolute Gasteiger partial charge is 0.100 e. The zero-order valence-electron chi connectivity index (χ0n) is 18.9. The third-order valence-electron chi connectivity index (χ3n) is 3.03. The van der Waals surface area contributed by atoms with Gasteiger partial charge in [0, 0.05) is 0 Å². The van der Waals surface area contributed by atoms with E-state index in [9.17, 15) is 0 Å². The summed E-state index contributed by atoms with van der Waals surface area (Å²) in [7, 11) is 0. The van der Waals surface area contributed by atoms with Gasteiger partial charge in [-0.1, -0.05) is 84.8 Å². The highest BCUT2D eigenvalue weighted by Gasteiger charge is 1.91. The maximum absolute atomic E-state index is 3.83. The summed E-state index contributed by atoms with van der Waals surface area (Å²) < 4.78 is 0. The molecule has 0 heteroatoms. The van der Waals surface area contributed by atoms with Crippen molar-refractivity contribution in [1.82, 2.24) is 0 Å². The van der Waals surface area contributed by atoms with E-state index in [0.717, 1.165) is 11.8 Å². The Morgan fingerprint density at radius 1 is 0.750 bits per heavy atom. The van der Waals surface area contributed by atoms with Crippen LogP contribution in [0.5, 0.6) is 0 Å². The zero-order chi connectivity index (χ0) is 19.7. The van der Waals surface area contributed by atoms with Crippen LogP contribution in [0.4, 0.5) is 0 Å². The molecule has 0 saturated carbocycles. The molecule has 0 aliphatic heterocycles. The standard InChI is InChI=1S/3C8H16/c3*1-7(2)5-6-8(3)4/h5,8H,6H2,1-4H3;5-8H,1-4H3;8H,1,5-6H2,2-4H3/b;6-5+;. The molecule has 0 amide bonds. The van der Waals surface area contributed by atoms with E-state index < -0.39 is 0 Å². The van der Waals surface area contributed by atoms with E-state index in [1.807, 2.05) is 0 Å². The van der Waals surface area contributed by atoms with Gasteiger partial charge in [-0.2, -0.15) is 0 Å². The quantitative estimate of drug-likeness (QED) is 0.407. The van der Waals surface area contributed by atoms with Crippen LogP contribution in [0.1, 0.15) is 95.4 Å². The molecule has 144 valence electrons. The van der Waals surface area contributed by atoms with Gasteiger partial charge in [-0.05, 0) is 63.7 Å². The predicted molar refractivity (Wildman–Crippen MR) is 117 cm³/mol. The summed E-state index contributed by atoms with van der Waals surface area (Å²) in [6.45, 7) is 27.9. The summed E-state index contributed by atoms with van der Waals surface area (Å²) in [4.78, 5) is 0. The fourth-order valence-electron chi connectivity index (χ4n) is 1.45. The zero-order valence-corrected chi connectivity index (χ0v) is 18.9. The van der Waals surface area contributed by atoms with Crippen molar-refractivity contribution in [3.05, 3.63) is 36.0 Å². The fraction of sp³-hybridized carbons (Fsp3) is 0.750. The second kappa shape index (κ2) is 18.6. The smallest absolute Gasteiger partial charge is 0.0290 e. The molecule has 0 bridgehead atoms. The van der Waals surface area contributed by atoms with Gasteiger partial charge in [0.2, 0.25) is 0 Å². The molecule has 0 saturated heterocycles. The highest BCUT2D eigenvalue weighted by molar-refractivity contribution is 4.93. The molecular weight excluding hydrogens is 288 g/mol. The van der Waals surface area contributed by atoms with Gasteiger partial charge in [-0.25, -0.2) is 0 Å². The summed E-state index contributed by atoms with van der Waals surface area (Å²) in [6.07, 6.45) is 10.5. The molecule has 0 aromatic rings. The summed E-state index contributed by atoms with van der Waals surface area (Å²) in [6, 6.07) is 0. The van der Waals surface area contributed by atoms with Gasteiger partial charge in [0.1, 0.15) is 0 Å². The van der Waals surface area contributed by atoms with E-state index >= 15 is 0 Å². The molecule has 0 unspecified atom stereocenters. The summed E-state index contributed by atoms with van der Waals surface area (Å²) in [5.74, 6) is 3.05. The van der Waals surface area contributed by atoms with Crippen molar-refractivity contribution < 1.29 is 0 Å². The Bertz CT molecular complexity index is 310. The molecule has 0 N–H and O–H groups in total. The molecule has 0 rings (SSSR count). The van der Waals surface area contributed by atoms with E-state index in [4.69, 9.17) is 0 Å². The van der Waals surface area contributed by atoms with Crippen molar-refractivity contribution in [1.29, 1.82) is 0 Å². The minimum Gasteiger partial charge on any atom is -0.100 e. The topological polar surface area (TPSA) is 0 Å². The van der Waals surface area contributed by atoms with E-state index in [2.05, 4.69) is 101 Å². The van der Waals surface area contributed by atoms with Crippen LogP contribution in [0.3, 0.4) is 0 Å². The van der Waals surface area contributed by atoms with E-state index in [-0.39, 0.29) is 0 Å². The number of hydrogen-bond donors (Lipinski definition) is 0. The maximum atomic E-state index is 3.83. The molecular formula is C24H48. The normalized spacial score (nSPS) is 10.6. The first-order valence-corrected chi connectivity index (χ1v) is 9.84. The lowest BCUT2D eigenvalue weighted by atomic mass is 10.1. The van der Waals surface area contributed by atoms with Gasteiger partial charge in [0.05, 0.1) is 0 Å². The highest BCUT2D eigenvalue weighted by Crippen LogP contribution is 2.08. The van der Waals surface area contributed by atoms with Gasteiger partial charge >= 0.3 is 0 Å². The Morgan fingerprint density at radius 3 is 1.29 bits per heavy atom. The summed E-state index contributed by atoms with van der Waals surface area (Å²) >= 11 is 0. The molecule has 24 heavy (non-hydrogen) atoms. The average molecular weight is 337 g/mol. The van der Waals surface area contributed by atoms with Crippen molar-refractivity contribution in [3.8, 4) is 0 Å². The van der Waals surface area contributed by atoms with Crippen molar-refractivity contribution in [2.75, 3.05) is 0 Å². The number of allylic oxidation sites excluding steroid dienone is 5. The van der Waals surface area contributed by atoms with E-state index in [0.29, 0.717) is 11.8 Å². The van der Waals surface area contributed by atoms with Crippen LogP contribution in [0.25, 0.3) is 0 Å². The highest BCUT2D eigenvalue weighted by atomic mass is 14.0. The van der Waals surface area contributed by atoms with E-state index in [1.165, 1.54) is 30.4 Å². The second-order valence-electron chi connectivity index (χ2n) is 8.67. The molecule has 0 radical (unpaired) electrons. The lowest BCUT2D eigenvalue weighted by Gasteiger charge is -2.01. The molecule has 0 aliphatic rings. The van der Waals surface area contributed by atoms with Crippen LogP contribution in [0.2, 0.25) is 0 Å². The number of hydrogen-bond acceptors (Lipinski definition) is 0. The Hall–Kier alpha value is -0.780. The first-order chi connectivity index (χ1) is 10.9.